The molecule has 2 heterocycles. The van der Waals surface area contributed by atoms with Crippen LogP contribution in [0.4, 0.5) is 18.9 Å². The van der Waals surface area contributed by atoms with Gasteiger partial charge in [0.2, 0.25) is 0 Å². The van der Waals surface area contributed by atoms with Crippen LogP contribution in [0.25, 0.3) is 0 Å². The second-order valence-electron chi connectivity index (χ2n) is 8.25. The molecule has 1 aromatic heterocycles. The van der Waals surface area contributed by atoms with Gasteiger partial charge < -0.3 is 9.32 Å². The Balaban J connectivity index is 1.63. The molecule has 1 saturated heterocycles. The van der Waals surface area contributed by atoms with Gasteiger partial charge in [-0.05, 0) is 55.3 Å². The normalized spacial score (nSPS) is 16.7. The molecule has 172 valence electrons. The van der Waals surface area contributed by atoms with Gasteiger partial charge in [0.1, 0.15) is 17.6 Å². The van der Waals surface area contributed by atoms with Gasteiger partial charge in [0.25, 0.3) is 0 Å². The molecule has 4 nitrogen and oxygen atoms in total. The van der Waals surface area contributed by atoms with E-state index in [0.29, 0.717) is 24.3 Å². The SMILES string of the molecule is Cc1ccc(CN2CC[C@H](N(Cc3ccccc3C(F)(F)F)c3ccc(C#N)c(Cl)c3)C2)o1. The molecule has 0 aliphatic carbocycles. The molecule has 3 aromatic rings. The maximum atomic E-state index is 13.7. The van der Waals surface area contributed by atoms with Crippen molar-refractivity contribution in [2.24, 2.45) is 0 Å². The van der Waals surface area contributed by atoms with E-state index in [2.05, 4.69) is 4.90 Å². The Morgan fingerprint density at radius 3 is 2.64 bits per heavy atom. The number of furan rings is 1. The number of aryl methyl sites for hydroxylation is 1. The van der Waals surface area contributed by atoms with Gasteiger partial charge in [-0.1, -0.05) is 29.8 Å². The maximum absolute atomic E-state index is 13.7. The Morgan fingerprint density at radius 2 is 1.97 bits per heavy atom. The molecule has 1 fully saturated rings. The molecule has 4 rings (SSSR count). The first-order valence-electron chi connectivity index (χ1n) is 10.6. The summed E-state index contributed by atoms with van der Waals surface area (Å²) in [4.78, 5) is 4.20. The van der Waals surface area contributed by atoms with Crippen molar-refractivity contribution in [1.82, 2.24) is 4.90 Å². The molecular formula is C25H23ClF3N3O. The largest absolute Gasteiger partial charge is 0.465 e. The quantitative estimate of drug-likeness (QED) is 0.414. The van der Waals surface area contributed by atoms with Crippen LogP contribution in [0.1, 0.15) is 34.6 Å². The van der Waals surface area contributed by atoms with Crippen molar-refractivity contribution in [1.29, 1.82) is 5.26 Å². The minimum absolute atomic E-state index is 0.0219. The second kappa shape index (κ2) is 9.50. The van der Waals surface area contributed by atoms with E-state index in [4.69, 9.17) is 16.0 Å². The first-order chi connectivity index (χ1) is 15.7. The highest BCUT2D eigenvalue weighted by molar-refractivity contribution is 6.32. The van der Waals surface area contributed by atoms with Crippen molar-refractivity contribution in [2.75, 3.05) is 18.0 Å². The number of nitriles is 1. The smallest absolute Gasteiger partial charge is 0.416 e. The van der Waals surface area contributed by atoms with Gasteiger partial charge in [0, 0.05) is 31.4 Å². The lowest BCUT2D eigenvalue weighted by atomic mass is 10.0. The summed E-state index contributed by atoms with van der Waals surface area (Å²) in [6, 6.07) is 16.5. The Kier molecular flexibility index (Phi) is 6.68. The van der Waals surface area contributed by atoms with Gasteiger partial charge in [-0.15, -0.1) is 0 Å². The van der Waals surface area contributed by atoms with Crippen molar-refractivity contribution < 1.29 is 17.6 Å². The third-order valence-electron chi connectivity index (χ3n) is 5.93. The van der Waals surface area contributed by atoms with E-state index < -0.39 is 11.7 Å². The van der Waals surface area contributed by atoms with Crippen molar-refractivity contribution in [2.45, 2.75) is 38.7 Å². The monoisotopic (exact) mass is 473 g/mol. The van der Waals surface area contributed by atoms with Crippen LogP contribution in [0.2, 0.25) is 5.02 Å². The summed E-state index contributed by atoms with van der Waals surface area (Å²) in [5, 5.41) is 9.49. The van der Waals surface area contributed by atoms with E-state index >= 15 is 0 Å². The lowest BCUT2D eigenvalue weighted by molar-refractivity contribution is -0.138. The van der Waals surface area contributed by atoms with Gasteiger partial charge in [-0.25, -0.2) is 0 Å². The fourth-order valence-electron chi connectivity index (χ4n) is 4.32. The lowest BCUT2D eigenvalue weighted by Gasteiger charge is -2.32. The number of hydrogen-bond donors (Lipinski definition) is 0. The minimum Gasteiger partial charge on any atom is -0.465 e. The first kappa shape index (κ1) is 23.2. The van der Waals surface area contributed by atoms with Crippen LogP contribution in [0.3, 0.4) is 0 Å². The number of rotatable bonds is 6. The van der Waals surface area contributed by atoms with Crippen LogP contribution < -0.4 is 4.90 Å². The van der Waals surface area contributed by atoms with E-state index in [0.717, 1.165) is 30.6 Å². The number of anilines is 1. The number of likely N-dealkylation sites (tertiary alicyclic amines) is 1. The Morgan fingerprint density at radius 1 is 1.18 bits per heavy atom. The number of alkyl halides is 3. The number of hydrogen-bond acceptors (Lipinski definition) is 4. The number of halogens is 4. The Bertz CT molecular complexity index is 1170. The van der Waals surface area contributed by atoms with Crippen LogP contribution in [0, 0.1) is 18.3 Å². The van der Waals surface area contributed by atoms with Crippen LogP contribution >= 0.6 is 11.6 Å². The summed E-state index contributed by atoms with van der Waals surface area (Å²) < 4.78 is 46.6. The van der Waals surface area contributed by atoms with Gasteiger partial charge in [0.15, 0.2) is 0 Å². The second-order valence-corrected chi connectivity index (χ2v) is 8.66. The average molecular weight is 474 g/mol. The predicted octanol–water partition coefficient (Wildman–Crippen LogP) is 6.41. The zero-order valence-electron chi connectivity index (χ0n) is 18.1. The highest BCUT2D eigenvalue weighted by Crippen LogP contribution is 2.35. The third kappa shape index (κ3) is 5.35. The van der Waals surface area contributed by atoms with Crippen molar-refractivity contribution >= 4 is 17.3 Å². The van der Waals surface area contributed by atoms with E-state index in [-0.39, 0.29) is 23.2 Å². The Hall–Kier alpha value is -2.95. The fourth-order valence-corrected chi connectivity index (χ4v) is 4.54. The molecule has 0 radical (unpaired) electrons. The molecule has 0 unspecified atom stereocenters. The first-order valence-corrected chi connectivity index (χ1v) is 11.0. The molecule has 1 atom stereocenters. The highest BCUT2D eigenvalue weighted by atomic mass is 35.5. The van der Waals surface area contributed by atoms with Gasteiger partial charge >= 0.3 is 6.18 Å². The third-order valence-corrected chi connectivity index (χ3v) is 6.24. The average Bonchev–Trinajstić information content (AvgIpc) is 3.40. The predicted molar refractivity (Wildman–Crippen MR) is 121 cm³/mol. The molecule has 0 saturated carbocycles. The summed E-state index contributed by atoms with van der Waals surface area (Å²) in [6.07, 6.45) is -3.66. The lowest BCUT2D eigenvalue weighted by Crippen LogP contribution is -2.37. The summed E-state index contributed by atoms with van der Waals surface area (Å²) in [7, 11) is 0. The molecule has 0 bridgehead atoms. The fraction of sp³-hybridized carbons (Fsp3) is 0.320. The van der Waals surface area contributed by atoms with E-state index in [9.17, 15) is 18.4 Å². The summed E-state index contributed by atoms with van der Waals surface area (Å²) in [5.41, 5.74) is 0.579. The molecule has 0 spiro atoms. The maximum Gasteiger partial charge on any atom is 0.416 e. The molecule has 33 heavy (non-hydrogen) atoms. The van der Waals surface area contributed by atoms with Crippen molar-refractivity contribution in [3.63, 3.8) is 0 Å². The zero-order valence-corrected chi connectivity index (χ0v) is 18.8. The molecule has 2 aromatic carbocycles. The molecular weight excluding hydrogens is 451 g/mol. The minimum atomic E-state index is -4.44. The summed E-state index contributed by atoms with van der Waals surface area (Å²) in [6.45, 7) is 4.09. The van der Waals surface area contributed by atoms with Crippen LogP contribution in [-0.2, 0) is 19.3 Å². The molecule has 1 aliphatic heterocycles. The molecule has 0 amide bonds. The van der Waals surface area contributed by atoms with Crippen molar-refractivity contribution in [3.8, 4) is 6.07 Å². The van der Waals surface area contributed by atoms with E-state index in [1.807, 2.05) is 30.0 Å². The zero-order chi connectivity index (χ0) is 23.6. The Labute approximate surface area is 195 Å². The molecule has 1 aliphatic rings. The molecule has 8 heteroatoms. The van der Waals surface area contributed by atoms with E-state index in [1.165, 1.54) is 12.1 Å². The van der Waals surface area contributed by atoms with E-state index in [1.54, 1.807) is 24.3 Å². The summed E-state index contributed by atoms with van der Waals surface area (Å²) in [5.74, 6) is 1.71. The van der Waals surface area contributed by atoms with Crippen LogP contribution in [-0.4, -0.2) is 24.0 Å². The van der Waals surface area contributed by atoms with Crippen LogP contribution in [0.15, 0.2) is 59.0 Å². The van der Waals surface area contributed by atoms with Gasteiger partial charge in [-0.3, -0.25) is 4.90 Å². The van der Waals surface area contributed by atoms with Gasteiger partial charge in [0.05, 0.1) is 22.7 Å². The highest BCUT2D eigenvalue weighted by Gasteiger charge is 2.35. The summed E-state index contributed by atoms with van der Waals surface area (Å²) >= 11 is 6.27. The molecule has 0 N–H and O–H groups in total. The number of benzene rings is 2. The standard InChI is InChI=1S/C25H23ClF3N3O/c1-17-6-9-22(33-17)16-31-11-10-21(15-31)32(20-8-7-18(13-30)24(26)12-20)14-19-4-2-3-5-23(19)25(27,28)29/h2-9,12,21H,10-11,14-16H2,1H3/t21-/m0/s1. The van der Waals surface area contributed by atoms with Crippen LogP contribution in [0.5, 0.6) is 0 Å². The van der Waals surface area contributed by atoms with Crippen molar-refractivity contribution in [3.05, 3.63) is 87.8 Å². The van der Waals surface area contributed by atoms with Gasteiger partial charge in [-0.2, -0.15) is 18.4 Å². The topological polar surface area (TPSA) is 43.4 Å². The number of nitrogens with zero attached hydrogens (tertiary/aromatic N) is 3.